The molecule has 1 atom stereocenters. The Kier molecular flexibility index (Phi) is 4.99. The Morgan fingerprint density at radius 3 is 2.87 bits per heavy atom. The Hall–Kier alpha value is -0.670. The molecule has 0 aliphatic heterocycles. The van der Waals surface area contributed by atoms with Gasteiger partial charge in [0.05, 0.1) is 5.92 Å². The van der Waals surface area contributed by atoms with E-state index < -0.39 is 11.9 Å². The topological polar surface area (TPSA) is 37.3 Å². The molecule has 4 heteroatoms. The summed E-state index contributed by atoms with van der Waals surface area (Å²) in [5.41, 5.74) is 0.782. The van der Waals surface area contributed by atoms with E-state index in [1.54, 1.807) is 30.0 Å². The van der Waals surface area contributed by atoms with Crippen molar-refractivity contribution in [3.05, 3.63) is 34.9 Å². The molecule has 0 saturated carbocycles. The van der Waals surface area contributed by atoms with Gasteiger partial charge in [-0.2, -0.15) is 11.8 Å². The van der Waals surface area contributed by atoms with Crippen LogP contribution in [0, 0.1) is 0 Å². The number of aliphatic carboxylic acids is 1. The first kappa shape index (κ1) is 12.4. The molecule has 0 fully saturated rings. The molecule has 0 heterocycles. The molecule has 0 spiro atoms. The van der Waals surface area contributed by atoms with Gasteiger partial charge >= 0.3 is 5.97 Å². The molecule has 0 amide bonds. The van der Waals surface area contributed by atoms with Crippen molar-refractivity contribution in [2.24, 2.45) is 0 Å². The normalized spacial score (nSPS) is 12.4. The van der Waals surface area contributed by atoms with Crippen LogP contribution in [0.5, 0.6) is 0 Å². The van der Waals surface area contributed by atoms with E-state index in [4.69, 9.17) is 16.7 Å². The minimum atomic E-state index is -0.786. The molecule has 1 aromatic carbocycles. The lowest BCUT2D eigenvalue weighted by Gasteiger charge is -2.11. The molecule has 0 aromatic heterocycles. The lowest BCUT2D eigenvalue weighted by Crippen LogP contribution is -2.12. The van der Waals surface area contributed by atoms with E-state index in [9.17, 15) is 4.79 Å². The van der Waals surface area contributed by atoms with Gasteiger partial charge < -0.3 is 5.11 Å². The molecule has 0 aliphatic carbocycles. The lowest BCUT2D eigenvalue weighted by molar-refractivity contribution is -0.138. The Balaban J connectivity index is 2.84. The van der Waals surface area contributed by atoms with Crippen LogP contribution in [0.4, 0.5) is 0 Å². The number of benzene rings is 1. The molecule has 0 saturated heterocycles. The second-order valence-electron chi connectivity index (χ2n) is 3.23. The molecule has 1 rings (SSSR count). The quantitative estimate of drug-likeness (QED) is 0.864. The summed E-state index contributed by atoms with van der Waals surface area (Å²) in [6.45, 7) is 0. The predicted octanol–water partition coefficient (Wildman–Crippen LogP) is 3.26. The van der Waals surface area contributed by atoms with Gasteiger partial charge in [0.1, 0.15) is 0 Å². The molecule has 15 heavy (non-hydrogen) atoms. The van der Waals surface area contributed by atoms with E-state index in [2.05, 4.69) is 0 Å². The van der Waals surface area contributed by atoms with Gasteiger partial charge in [-0.3, -0.25) is 4.79 Å². The Morgan fingerprint density at radius 2 is 2.33 bits per heavy atom. The molecular formula is C11H13ClO2S. The first-order chi connectivity index (χ1) is 7.15. The first-order valence-corrected chi connectivity index (χ1v) is 6.39. The zero-order valence-corrected chi connectivity index (χ0v) is 10.0. The van der Waals surface area contributed by atoms with Gasteiger partial charge in [-0.15, -0.1) is 0 Å². The van der Waals surface area contributed by atoms with E-state index in [-0.39, 0.29) is 0 Å². The average Bonchev–Trinajstić information content (AvgIpc) is 2.18. The fourth-order valence-corrected chi connectivity index (χ4v) is 2.06. The molecule has 2 nitrogen and oxygen atoms in total. The summed E-state index contributed by atoms with van der Waals surface area (Å²) in [6.07, 6.45) is 2.60. The number of hydrogen-bond donors (Lipinski definition) is 1. The summed E-state index contributed by atoms with van der Waals surface area (Å²) in [7, 11) is 0. The highest BCUT2D eigenvalue weighted by Crippen LogP contribution is 2.24. The van der Waals surface area contributed by atoms with Crippen LogP contribution in [-0.4, -0.2) is 23.1 Å². The third-order valence-electron chi connectivity index (χ3n) is 2.16. The minimum Gasteiger partial charge on any atom is -0.481 e. The maximum atomic E-state index is 11.1. The first-order valence-electron chi connectivity index (χ1n) is 4.62. The summed E-state index contributed by atoms with van der Waals surface area (Å²) in [6, 6.07) is 7.07. The van der Waals surface area contributed by atoms with Crippen LogP contribution in [0.2, 0.25) is 5.02 Å². The fourth-order valence-electron chi connectivity index (χ4n) is 1.39. The SMILES string of the molecule is CSCCC(C(=O)O)c1cccc(Cl)c1. The Morgan fingerprint density at radius 1 is 1.60 bits per heavy atom. The third-order valence-corrected chi connectivity index (χ3v) is 3.04. The van der Waals surface area contributed by atoms with Gasteiger partial charge in [0.15, 0.2) is 0 Å². The maximum absolute atomic E-state index is 11.1. The zero-order chi connectivity index (χ0) is 11.3. The van der Waals surface area contributed by atoms with Gasteiger partial charge in [0, 0.05) is 5.02 Å². The highest BCUT2D eigenvalue weighted by atomic mass is 35.5. The third kappa shape index (κ3) is 3.76. The van der Waals surface area contributed by atoms with E-state index >= 15 is 0 Å². The van der Waals surface area contributed by atoms with Gasteiger partial charge in [-0.05, 0) is 36.1 Å². The monoisotopic (exact) mass is 244 g/mol. The molecule has 82 valence electrons. The summed E-state index contributed by atoms with van der Waals surface area (Å²) in [5.74, 6) is -0.397. The van der Waals surface area contributed by atoms with Crippen molar-refractivity contribution in [2.45, 2.75) is 12.3 Å². The lowest BCUT2D eigenvalue weighted by atomic mass is 9.97. The van der Waals surface area contributed by atoms with Crippen LogP contribution in [0.25, 0.3) is 0 Å². The van der Waals surface area contributed by atoms with Crippen molar-refractivity contribution in [3.8, 4) is 0 Å². The largest absolute Gasteiger partial charge is 0.481 e. The molecule has 0 bridgehead atoms. The molecule has 1 N–H and O–H groups in total. The summed E-state index contributed by atoms with van der Waals surface area (Å²) in [5, 5.41) is 9.68. The smallest absolute Gasteiger partial charge is 0.311 e. The van der Waals surface area contributed by atoms with E-state index in [1.165, 1.54) is 0 Å². The highest BCUT2D eigenvalue weighted by molar-refractivity contribution is 7.98. The molecule has 0 aliphatic rings. The average molecular weight is 245 g/mol. The number of carboxylic acid groups (broad SMARTS) is 1. The van der Waals surface area contributed by atoms with Crippen molar-refractivity contribution in [1.29, 1.82) is 0 Å². The van der Waals surface area contributed by atoms with Crippen LogP contribution in [0.1, 0.15) is 17.9 Å². The zero-order valence-electron chi connectivity index (χ0n) is 8.44. The van der Waals surface area contributed by atoms with Crippen molar-refractivity contribution >= 4 is 29.3 Å². The highest BCUT2D eigenvalue weighted by Gasteiger charge is 2.19. The van der Waals surface area contributed by atoms with Gasteiger partial charge in [0.2, 0.25) is 0 Å². The number of thioether (sulfide) groups is 1. The van der Waals surface area contributed by atoms with E-state index in [1.807, 2.05) is 12.3 Å². The second kappa shape index (κ2) is 6.03. The summed E-state index contributed by atoms with van der Waals surface area (Å²) in [4.78, 5) is 11.1. The van der Waals surface area contributed by atoms with Crippen molar-refractivity contribution in [3.63, 3.8) is 0 Å². The Bertz CT molecular complexity index is 341. The van der Waals surface area contributed by atoms with Crippen molar-refractivity contribution in [1.82, 2.24) is 0 Å². The summed E-state index contributed by atoms with van der Waals surface area (Å²) >= 11 is 7.48. The van der Waals surface area contributed by atoms with Gasteiger partial charge in [-0.1, -0.05) is 23.7 Å². The fraction of sp³-hybridized carbons (Fsp3) is 0.364. The van der Waals surface area contributed by atoms with E-state index in [0.29, 0.717) is 11.4 Å². The predicted molar refractivity (Wildman–Crippen MR) is 64.8 cm³/mol. The Labute approximate surface area is 98.6 Å². The van der Waals surface area contributed by atoms with Crippen molar-refractivity contribution in [2.75, 3.05) is 12.0 Å². The molecule has 0 radical (unpaired) electrons. The minimum absolute atomic E-state index is 0.448. The number of rotatable bonds is 5. The molecular weight excluding hydrogens is 232 g/mol. The number of hydrogen-bond acceptors (Lipinski definition) is 2. The van der Waals surface area contributed by atoms with Crippen LogP contribution in [0.3, 0.4) is 0 Å². The number of halogens is 1. The van der Waals surface area contributed by atoms with Crippen LogP contribution >= 0.6 is 23.4 Å². The number of carboxylic acids is 1. The summed E-state index contributed by atoms with van der Waals surface area (Å²) < 4.78 is 0. The standard InChI is InChI=1S/C11H13ClO2S/c1-15-6-5-10(11(13)14)8-3-2-4-9(12)7-8/h2-4,7,10H,5-6H2,1H3,(H,13,14). The van der Waals surface area contributed by atoms with Gasteiger partial charge in [-0.25, -0.2) is 0 Å². The van der Waals surface area contributed by atoms with Crippen LogP contribution in [-0.2, 0) is 4.79 Å². The second-order valence-corrected chi connectivity index (χ2v) is 4.65. The van der Waals surface area contributed by atoms with Gasteiger partial charge in [0.25, 0.3) is 0 Å². The van der Waals surface area contributed by atoms with E-state index in [0.717, 1.165) is 11.3 Å². The maximum Gasteiger partial charge on any atom is 0.311 e. The molecule has 1 unspecified atom stereocenters. The van der Waals surface area contributed by atoms with Crippen LogP contribution in [0.15, 0.2) is 24.3 Å². The van der Waals surface area contributed by atoms with Crippen LogP contribution < -0.4 is 0 Å². The number of carbonyl (C=O) groups is 1. The van der Waals surface area contributed by atoms with Crippen molar-refractivity contribution < 1.29 is 9.90 Å². The molecule has 1 aromatic rings.